The summed E-state index contributed by atoms with van der Waals surface area (Å²) in [6, 6.07) is 5.88. The predicted octanol–water partition coefficient (Wildman–Crippen LogP) is 1.88. The molecule has 0 spiro atoms. The molecule has 0 aliphatic heterocycles. The van der Waals surface area contributed by atoms with E-state index in [0.29, 0.717) is 0 Å². The van der Waals surface area contributed by atoms with Gasteiger partial charge in [-0.1, -0.05) is 11.2 Å². The van der Waals surface area contributed by atoms with Gasteiger partial charge in [-0.05, 0) is 12.1 Å². The number of carbonyl (C=O) groups excluding carboxylic acids is 1. The Hall–Kier alpha value is -2.90. The highest BCUT2D eigenvalue weighted by Crippen LogP contribution is 2.28. The molecule has 0 atom stereocenters. The molecule has 1 aromatic carbocycles. The molecule has 0 aliphatic carbocycles. The van der Waals surface area contributed by atoms with Gasteiger partial charge < -0.3 is 15.2 Å². The second-order valence-electron chi connectivity index (χ2n) is 3.55. The molecule has 0 unspecified atom stereocenters. The topological polar surface area (TPSA) is 110 Å². The number of hydrogen-bond donors (Lipinski definition) is 2. The Morgan fingerprint density at radius 2 is 2.21 bits per heavy atom. The first-order valence-corrected chi connectivity index (χ1v) is 5.30. The lowest BCUT2D eigenvalue weighted by molar-refractivity contribution is -0.384. The quantitative estimate of drug-likeness (QED) is 0.642. The fraction of sp³-hybridized carbons (Fsp3) is 0.0909. The maximum atomic E-state index is 12.0. The highest BCUT2D eigenvalue weighted by atomic mass is 16.6. The van der Waals surface area contributed by atoms with Crippen LogP contribution >= 0.6 is 0 Å². The molecule has 0 saturated carbocycles. The van der Waals surface area contributed by atoms with Crippen molar-refractivity contribution in [3.63, 3.8) is 0 Å². The third-order valence-electron chi connectivity index (χ3n) is 2.41. The lowest BCUT2D eigenvalue weighted by atomic mass is 10.1. The van der Waals surface area contributed by atoms with Crippen molar-refractivity contribution in [2.24, 2.45) is 0 Å². The zero-order valence-electron chi connectivity index (χ0n) is 9.91. The Bertz CT molecular complexity index is 609. The largest absolute Gasteiger partial charge is 0.383 e. The van der Waals surface area contributed by atoms with Crippen LogP contribution in [-0.2, 0) is 0 Å². The number of nitro groups is 1. The number of carbonyl (C=O) groups is 1. The lowest BCUT2D eigenvalue weighted by Crippen LogP contribution is -2.15. The lowest BCUT2D eigenvalue weighted by Gasteiger charge is -2.06. The zero-order valence-corrected chi connectivity index (χ0v) is 9.91. The van der Waals surface area contributed by atoms with Crippen molar-refractivity contribution in [3.8, 4) is 0 Å². The van der Waals surface area contributed by atoms with Gasteiger partial charge in [-0.15, -0.1) is 0 Å². The van der Waals surface area contributed by atoms with Gasteiger partial charge in [0, 0.05) is 13.1 Å². The molecule has 8 nitrogen and oxygen atoms in total. The molecular weight excluding hydrogens is 252 g/mol. The van der Waals surface area contributed by atoms with E-state index < -0.39 is 10.8 Å². The number of nitro benzene ring substituents is 1. The van der Waals surface area contributed by atoms with Crippen molar-refractivity contribution in [2.75, 3.05) is 17.7 Å². The Balaban J connectivity index is 2.38. The average Bonchev–Trinajstić information content (AvgIpc) is 2.90. The summed E-state index contributed by atoms with van der Waals surface area (Å²) in [5.41, 5.74) is -0.0800. The molecule has 19 heavy (non-hydrogen) atoms. The maximum absolute atomic E-state index is 12.0. The van der Waals surface area contributed by atoms with Crippen molar-refractivity contribution in [1.29, 1.82) is 0 Å². The number of nitrogens with one attached hydrogen (secondary N) is 2. The van der Waals surface area contributed by atoms with Gasteiger partial charge in [-0.3, -0.25) is 14.9 Å². The van der Waals surface area contributed by atoms with Crippen molar-refractivity contribution >= 4 is 23.1 Å². The predicted molar refractivity (Wildman–Crippen MR) is 67.1 cm³/mol. The first-order valence-electron chi connectivity index (χ1n) is 5.30. The summed E-state index contributed by atoms with van der Waals surface area (Å²) in [6.45, 7) is 0. The second kappa shape index (κ2) is 5.17. The summed E-state index contributed by atoms with van der Waals surface area (Å²) in [5.74, 6) is -0.438. The molecule has 0 bridgehead atoms. The van der Waals surface area contributed by atoms with Crippen LogP contribution in [0.25, 0.3) is 0 Å². The van der Waals surface area contributed by atoms with Crippen LogP contribution < -0.4 is 10.6 Å². The monoisotopic (exact) mass is 262 g/mol. The molecule has 8 heteroatoms. The number of amides is 1. The van der Waals surface area contributed by atoms with E-state index >= 15 is 0 Å². The standard InChI is InChI=1S/C11H10N4O4/c1-12-8-4-2-3-7(10(8)15(17)18)11(16)13-9-5-6-19-14-9/h2-6,12H,1H3,(H,13,14,16). The van der Waals surface area contributed by atoms with E-state index in [1.165, 1.54) is 24.5 Å². The van der Waals surface area contributed by atoms with E-state index in [1.807, 2.05) is 0 Å². The molecule has 1 heterocycles. The van der Waals surface area contributed by atoms with Crippen LogP contribution in [0.4, 0.5) is 17.2 Å². The van der Waals surface area contributed by atoms with Crippen molar-refractivity contribution in [3.05, 3.63) is 46.2 Å². The fourth-order valence-corrected chi connectivity index (χ4v) is 1.59. The van der Waals surface area contributed by atoms with Gasteiger partial charge in [-0.2, -0.15) is 0 Å². The molecular formula is C11H10N4O4. The third-order valence-corrected chi connectivity index (χ3v) is 2.41. The molecule has 2 rings (SSSR count). The Morgan fingerprint density at radius 3 is 2.79 bits per heavy atom. The highest BCUT2D eigenvalue weighted by molar-refractivity contribution is 6.08. The summed E-state index contributed by atoms with van der Waals surface area (Å²) in [5, 5.41) is 19.7. The summed E-state index contributed by atoms with van der Waals surface area (Å²) >= 11 is 0. The Labute approximate surface area is 107 Å². The molecule has 0 saturated heterocycles. The third kappa shape index (κ3) is 2.51. The molecule has 0 fully saturated rings. The summed E-state index contributed by atoms with van der Waals surface area (Å²) in [6.07, 6.45) is 1.29. The molecule has 0 radical (unpaired) electrons. The summed E-state index contributed by atoms with van der Waals surface area (Å²) in [7, 11) is 1.54. The maximum Gasteiger partial charge on any atom is 0.305 e. The van der Waals surface area contributed by atoms with Crippen molar-refractivity contribution < 1.29 is 14.2 Å². The van der Waals surface area contributed by atoms with Crippen molar-refractivity contribution in [1.82, 2.24) is 5.16 Å². The minimum Gasteiger partial charge on any atom is -0.383 e. The van der Waals surface area contributed by atoms with Crippen LogP contribution in [-0.4, -0.2) is 23.0 Å². The first kappa shape index (κ1) is 12.6. The Morgan fingerprint density at radius 1 is 1.42 bits per heavy atom. The number of nitrogens with zero attached hydrogens (tertiary/aromatic N) is 2. The zero-order chi connectivity index (χ0) is 13.8. The molecule has 0 aliphatic rings. The van der Waals surface area contributed by atoms with Crippen LogP contribution in [0.5, 0.6) is 0 Å². The van der Waals surface area contributed by atoms with E-state index in [4.69, 9.17) is 0 Å². The van der Waals surface area contributed by atoms with E-state index in [-0.39, 0.29) is 22.8 Å². The normalized spacial score (nSPS) is 9.95. The van der Waals surface area contributed by atoms with Gasteiger partial charge in [0.15, 0.2) is 5.82 Å². The molecule has 1 aromatic heterocycles. The number of aromatic nitrogens is 1. The smallest absolute Gasteiger partial charge is 0.305 e. The average molecular weight is 262 g/mol. The molecule has 2 aromatic rings. The van der Waals surface area contributed by atoms with Gasteiger partial charge in [0.1, 0.15) is 17.5 Å². The number of rotatable bonds is 4. The van der Waals surface area contributed by atoms with Gasteiger partial charge in [0.05, 0.1) is 4.92 Å². The van der Waals surface area contributed by atoms with Gasteiger partial charge in [-0.25, -0.2) is 0 Å². The highest BCUT2D eigenvalue weighted by Gasteiger charge is 2.24. The first-order chi connectivity index (χ1) is 9.13. The van der Waals surface area contributed by atoms with Crippen LogP contribution in [0.2, 0.25) is 0 Å². The van der Waals surface area contributed by atoms with Gasteiger partial charge >= 0.3 is 5.69 Å². The SMILES string of the molecule is CNc1cccc(C(=O)Nc2ccon2)c1[N+](=O)[O-]. The number of hydrogen-bond acceptors (Lipinski definition) is 6. The number of para-hydroxylation sites is 1. The van der Waals surface area contributed by atoms with Crippen molar-refractivity contribution in [2.45, 2.75) is 0 Å². The number of benzene rings is 1. The molecule has 1 amide bonds. The number of anilines is 2. The fourth-order valence-electron chi connectivity index (χ4n) is 1.59. The van der Waals surface area contributed by atoms with E-state index in [9.17, 15) is 14.9 Å². The van der Waals surface area contributed by atoms with Crippen LogP contribution in [0, 0.1) is 10.1 Å². The molecule has 98 valence electrons. The second-order valence-corrected chi connectivity index (χ2v) is 3.55. The van der Waals surface area contributed by atoms with Gasteiger partial charge in [0.2, 0.25) is 0 Å². The van der Waals surface area contributed by atoms with E-state index in [2.05, 4.69) is 20.3 Å². The minimum absolute atomic E-state index is 0.0557. The van der Waals surface area contributed by atoms with Crippen LogP contribution in [0.15, 0.2) is 35.1 Å². The van der Waals surface area contributed by atoms with Gasteiger partial charge in [0.25, 0.3) is 5.91 Å². The van der Waals surface area contributed by atoms with E-state index in [1.54, 1.807) is 13.1 Å². The van der Waals surface area contributed by atoms with Crippen LogP contribution in [0.3, 0.4) is 0 Å². The summed E-state index contributed by atoms with van der Waals surface area (Å²) in [4.78, 5) is 22.4. The Kier molecular flexibility index (Phi) is 3.42. The van der Waals surface area contributed by atoms with E-state index in [0.717, 1.165) is 0 Å². The van der Waals surface area contributed by atoms with Crippen LogP contribution in [0.1, 0.15) is 10.4 Å². The summed E-state index contributed by atoms with van der Waals surface area (Å²) < 4.78 is 4.56. The molecule has 2 N–H and O–H groups in total. The minimum atomic E-state index is -0.627.